The highest BCUT2D eigenvalue weighted by Crippen LogP contribution is 2.31. The zero-order valence-corrected chi connectivity index (χ0v) is 14.2. The highest BCUT2D eigenvalue weighted by molar-refractivity contribution is 9.10. The van der Waals surface area contributed by atoms with Crippen LogP contribution in [0.25, 0.3) is 0 Å². The lowest BCUT2D eigenvalue weighted by atomic mass is 10.3. The van der Waals surface area contributed by atoms with Gasteiger partial charge in [-0.15, -0.1) is 11.6 Å². The first-order valence-corrected chi connectivity index (χ1v) is 8.60. The lowest BCUT2D eigenvalue weighted by Crippen LogP contribution is -2.30. The third-order valence-electron chi connectivity index (χ3n) is 3.24. The Hall–Kier alpha value is -0.120. The fraction of sp³-hybridized carbons (Fsp3) is 0.636. The van der Waals surface area contributed by atoms with E-state index in [-0.39, 0.29) is 40.7 Å². The molecule has 2 atom stereocenters. The van der Waals surface area contributed by atoms with Crippen molar-refractivity contribution in [3.8, 4) is 0 Å². The minimum atomic E-state index is -3.67. The number of rotatable bonds is 5. The molecule has 0 radical (unpaired) electrons. The van der Waals surface area contributed by atoms with E-state index in [4.69, 9.17) is 25.5 Å². The maximum atomic E-state index is 12.6. The van der Waals surface area contributed by atoms with Crippen molar-refractivity contribution in [3.05, 3.63) is 16.5 Å². The lowest BCUT2D eigenvalue weighted by Gasteiger charge is -2.14. The van der Waals surface area contributed by atoms with Crippen LogP contribution in [0.3, 0.4) is 0 Å². The Kier molecular flexibility index (Phi) is 5.14. The molecule has 2 heterocycles. The van der Waals surface area contributed by atoms with Crippen molar-refractivity contribution in [2.75, 3.05) is 27.3 Å². The Balaban J connectivity index is 2.29. The van der Waals surface area contributed by atoms with Crippen LogP contribution < -0.4 is 0 Å². The quantitative estimate of drug-likeness (QED) is 0.720. The Morgan fingerprint density at radius 1 is 1.40 bits per heavy atom. The van der Waals surface area contributed by atoms with Crippen LogP contribution >= 0.6 is 27.5 Å². The number of sulfonamides is 1. The maximum Gasteiger partial charge on any atom is 0.247 e. The number of ether oxygens (including phenoxy) is 2. The van der Waals surface area contributed by atoms with Gasteiger partial charge in [-0.05, 0) is 15.9 Å². The van der Waals surface area contributed by atoms with Gasteiger partial charge in [-0.25, -0.2) is 8.42 Å². The summed E-state index contributed by atoms with van der Waals surface area (Å²) in [5.74, 6) is 0.498. The third-order valence-corrected chi connectivity index (χ3v) is 6.20. The molecule has 0 aromatic carbocycles. The van der Waals surface area contributed by atoms with Crippen LogP contribution in [0.1, 0.15) is 5.76 Å². The largest absolute Gasteiger partial charge is 0.452 e. The summed E-state index contributed by atoms with van der Waals surface area (Å²) in [4.78, 5) is 0.0692. The van der Waals surface area contributed by atoms with E-state index in [1.165, 1.54) is 24.6 Å². The molecule has 114 valence electrons. The van der Waals surface area contributed by atoms with E-state index in [0.717, 1.165) is 0 Å². The number of methoxy groups -OCH3 is 2. The van der Waals surface area contributed by atoms with E-state index in [9.17, 15) is 8.42 Å². The van der Waals surface area contributed by atoms with Crippen LogP contribution in [-0.2, 0) is 25.4 Å². The molecule has 1 aliphatic rings. The van der Waals surface area contributed by atoms with E-state index < -0.39 is 10.0 Å². The van der Waals surface area contributed by atoms with Crippen LogP contribution in [0.2, 0.25) is 0 Å². The van der Waals surface area contributed by atoms with Gasteiger partial charge >= 0.3 is 0 Å². The minimum Gasteiger partial charge on any atom is -0.452 e. The van der Waals surface area contributed by atoms with Crippen molar-refractivity contribution in [1.29, 1.82) is 0 Å². The van der Waals surface area contributed by atoms with Crippen molar-refractivity contribution in [2.45, 2.75) is 23.0 Å². The molecule has 2 rings (SSSR count). The average Bonchev–Trinajstić information content (AvgIpc) is 3.01. The zero-order valence-electron chi connectivity index (χ0n) is 11.0. The molecular formula is C11H15BrClNO5S. The van der Waals surface area contributed by atoms with Crippen LogP contribution in [-0.4, -0.2) is 52.2 Å². The van der Waals surface area contributed by atoms with E-state index in [2.05, 4.69) is 15.9 Å². The predicted octanol–water partition coefficient (Wildman–Crippen LogP) is 1.82. The van der Waals surface area contributed by atoms with Crippen LogP contribution in [0.5, 0.6) is 0 Å². The molecule has 1 saturated heterocycles. The number of nitrogens with zero attached hydrogens (tertiary/aromatic N) is 1. The molecule has 1 aromatic rings. The van der Waals surface area contributed by atoms with Gasteiger partial charge in [0.1, 0.15) is 10.7 Å². The van der Waals surface area contributed by atoms with Gasteiger partial charge < -0.3 is 13.9 Å². The van der Waals surface area contributed by atoms with Crippen molar-refractivity contribution in [2.24, 2.45) is 0 Å². The summed E-state index contributed by atoms with van der Waals surface area (Å²) in [5.41, 5.74) is 0. The number of hydrogen-bond acceptors (Lipinski definition) is 5. The van der Waals surface area contributed by atoms with Gasteiger partial charge in [-0.3, -0.25) is 0 Å². The normalized spacial score (nSPS) is 24.4. The summed E-state index contributed by atoms with van der Waals surface area (Å²) in [5, 5.41) is 0. The molecule has 1 aliphatic heterocycles. The van der Waals surface area contributed by atoms with Gasteiger partial charge in [-0.1, -0.05) is 0 Å². The second kappa shape index (κ2) is 6.33. The number of alkyl halides is 1. The fourth-order valence-electron chi connectivity index (χ4n) is 2.14. The van der Waals surface area contributed by atoms with E-state index >= 15 is 0 Å². The summed E-state index contributed by atoms with van der Waals surface area (Å²) in [7, 11) is -0.603. The maximum absolute atomic E-state index is 12.6. The molecule has 0 saturated carbocycles. The molecule has 0 bridgehead atoms. The van der Waals surface area contributed by atoms with Gasteiger partial charge in [0.25, 0.3) is 0 Å². The molecule has 2 unspecified atom stereocenters. The molecule has 6 nitrogen and oxygen atoms in total. The van der Waals surface area contributed by atoms with Gasteiger partial charge in [0, 0.05) is 33.4 Å². The third kappa shape index (κ3) is 2.90. The lowest BCUT2D eigenvalue weighted by molar-refractivity contribution is -0.00461. The SMILES string of the molecule is COC1CN(S(=O)(=O)c2cc(CCl)oc2Br)CC1OC. The highest BCUT2D eigenvalue weighted by atomic mass is 79.9. The first-order chi connectivity index (χ1) is 9.43. The molecule has 1 fully saturated rings. The molecule has 0 N–H and O–H groups in total. The molecule has 1 aromatic heterocycles. The number of halogens is 2. The van der Waals surface area contributed by atoms with E-state index in [1.54, 1.807) is 0 Å². The molecule has 0 amide bonds. The summed E-state index contributed by atoms with van der Waals surface area (Å²) in [6.45, 7) is 0.482. The first kappa shape index (κ1) is 16.3. The van der Waals surface area contributed by atoms with Gasteiger partial charge in [0.05, 0.1) is 18.1 Å². The monoisotopic (exact) mass is 387 g/mol. The summed E-state index contributed by atoms with van der Waals surface area (Å²) < 4.78 is 42.4. The Morgan fingerprint density at radius 2 is 1.95 bits per heavy atom. The Bertz CT molecular complexity index is 563. The Morgan fingerprint density at radius 3 is 2.35 bits per heavy atom. The number of furan rings is 1. The first-order valence-electron chi connectivity index (χ1n) is 5.84. The molecular weight excluding hydrogens is 374 g/mol. The van der Waals surface area contributed by atoms with Crippen molar-refractivity contribution < 1.29 is 22.3 Å². The number of hydrogen-bond donors (Lipinski definition) is 0. The van der Waals surface area contributed by atoms with Crippen molar-refractivity contribution in [1.82, 2.24) is 4.31 Å². The zero-order chi connectivity index (χ0) is 14.9. The van der Waals surface area contributed by atoms with Crippen molar-refractivity contribution in [3.63, 3.8) is 0 Å². The van der Waals surface area contributed by atoms with Gasteiger partial charge in [0.15, 0.2) is 4.67 Å². The van der Waals surface area contributed by atoms with Crippen molar-refractivity contribution >= 4 is 37.6 Å². The standard InChI is InChI=1S/C11H15BrClNO5S/c1-17-8-5-14(6-9(8)18-2)20(15,16)10-3-7(4-13)19-11(10)12/h3,8-9H,4-6H2,1-2H3. The summed E-state index contributed by atoms with van der Waals surface area (Å²) in [6.07, 6.45) is -0.569. The predicted molar refractivity (Wildman–Crippen MR) is 76.3 cm³/mol. The fourth-order valence-corrected chi connectivity index (χ4v) is 4.70. The van der Waals surface area contributed by atoms with Crippen LogP contribution in [0.4, 0.5) is 0 Å². The molecule has 20 heavy (non-hydrogen) atoms. The summed E-state index contributed by atoms with van der Waals surface area (Å²) >= 11 is 8.76. The molecule has 9 heteroatoms. The molecule has 0 spiro atoms. The molecule has 0 aliphatic carbocycles. The van der Waals surface area contributed by atoms with E-state index in [0.29, 0.717) is 5.76 Å². The average molecular weight is 389 g/mol. The van der Waals surface area contributed by atoms with Crippen LogP contribution in [0, 0.1) is 0 Å². The minimum absolute atomic E-state index is 0.0692. The van der Waals surface area contributed by atoms with Crippen LogP contribution in [0.15, 0.2) is 20.0 Å². The second-order valence-corrected chi connectivity index (χ2v) is 7.25. The van der Waals surface area contributed by atoms with Gasteiger partial charge in [-0.2, -0.15) is 4.31 Å². The second-order valence-electron chi connectivity index (χ2n) is 4.35. The van der Waals surface area contributed by atoms with Gasteiger partial charge in [0.2, 0.25) is 10.0 Å². The smallest absolute Gasteiger partial charge is 0.247 e. The highest BCUT2D eigenvalue weighted by Gasteiger charge is 2.41. The topological polar surface area (TPSA) is 69.0 Å². The summed E-state index contributed by atoms with van der Waals surface area (Å²) in [6, 6.07) is 1.42. The van der Waals surface area contributed by atoms with E-state index in [1.807, 2.05) is 0 Å². The Labute approximate surface area is 131 Å².